The lowest BCUT2D eigenvalue weighted by atomic mass is 9.99. The Morgan fingerprint density at radius 1 is 0.941 bits per heavy atom. The maximum Gasteiger partial charge on any atom is 0.258 e. The average molecular weight is 458 g/mol. The van der Waals surface area contributed by atoms with Crippen LogP contribution in [0.5, 0.6) is 11.5 Å². The van der Waals surface area contributed by atoms with Gasteiger partial charge in [-0.2, -0.15) is 0 Å². The highest BCUT2D eigenvalue weighted by Gasteiger charge is 2.30. The summed E-state index contributed by atoms with van der Waals surface area (Å²) in [4.78, 5) is 24.4. The lowest BCUT2D eigenvalue weighted by Crippen LogP contribution is -2.13. The van der Waals surface area contributed by atoms with Crippen LogP contribution in [0.1, 0.15) is 30.5 Å². The van der Waals surface area contributed by atoms with Gasteiger partial charge in [-0.05, 0) is 43.2 Å². The minimum atomic E-state index is -0.386. The van der Waals surface area contributed by atoms with Crippen molar-refractivity contribution in [3.05, 3.63) is 83.4 Å². The minimum Gasteiger partial charge on any atom is -0.490 e. The molecule has 1 heterocycles. The van der Waals surface area contributed by atoms with E-state index in [2.05, 4.69) is 10.6 Å². The van der Waals surface area contributed by atoms with Gasteiger partial charge in [0.25, 0.3) is 5.91 Å². The molecule has 0 atom stereocenters. The van der Waals surface area contributed by atoms with E-state index in [1.54, 1.807) is 6.07 Å². The van der Waals surface area contributed by atoms with Crippen LogP contribution in [0.3, 0.4) is 0 Å². The standard InChI is InChI=1S/C27H27N3O4/c1-3-33-22-15-20-21(16-23(22)34-4-2)30-27(32)25(20)26(18-8-6-5-7-9-18)29-19-12-10-17(11-13-19)14-24(28)31/h5-13,15-16,29H,3-4,14H2,1-2H3,(H2,28,31)(H,30,32). The van der Waals surface area contributed by atoms with Gasteiger partial charge in [-0.3, -0.25) is 9.59 Å². The van der Waals surface area contributed by atoms with Gasteiger partial charge in [0.05, 0.1) is 36.6 Å². The van der Waals surface area contributed by atoms with Crippen molar-refractivity contribution in [2.75, 3.05) is 23.8 Å². The Labute approximate surface area is 198 Å². The third-order valence-electron chi connectivity index (χ3n) is 5.34. The Morgan fingerprint density at radius 3 is 2.21 bits per heavy atom. The first kappa shape index (κ1) is 22.9. The molecule has 4 N–H and O–H groups in total. The van der Waals surface area contributed by atoms with Gasteiger partial charge >= 0.3 is 0 Å². The molecule has 0 bridgehead atoms. The molecule has 3 aromatic rings. The Balaban J connectivity index is 1.82. The van der Waals surface area contributed by atoms with E-state index in [0.717, 1.165) is 22.4 Å². The fourth-order valence-corrected chi connectivity index (χ4v) is 3.90. The molecule has 174 valence electrons. The zero-order valence-electron chi connectivity index (χ0n) is 19.2. The van der Waals surface area contributed by atoms with Crippen molar-refractivity contribution in [3.63, 3.8) is 0 Å². The van der Waals surface area contributed by atoms with Crippen molar-refractivity contribution in [2.24, 2.45) is 5.73 Å². The maximum atomic E-state index is 13.2. The zero-order valence-corrected chi connectivity index (χ0v) is 19.2. The molecular formula is C27H27N3O4. The number of nitrogens with one attached hydrogen (secondary N) is 2. The highest BCUT2D eigenvalue weighted by Crippen LogP contribution is 2.43. The molecule has 7 heteroatoms. The number of hydrogen-bond donors (Lipinski definition) is 3. The van der Waals surface area contributed by atoms with Crippen LogP contribution in [-0.4, -0.2) is 25.0 Å². The second-order valence-corrected chi connectivity index (χ2v) is 7.75. The number of primary amides is 1. The highest BCUT2D eigenvalue weighted by atomic mass is 16.5. The summed E-state index contributed by atoms with van der Waals surface area (Å²) >= 11 is 0. The van der Waals surface area contributed by atoms with Gasteiger partial charge in [0.15, 0.2) is 11.5 Å². The van der Waals surface area contributed by atoms with E-state index < -0.39 is 0 Å². The molecule has 4 rings (SSSR count). The average Bonchev–Trinajstić information content (AvgIpc) is 3.14. The fraction of sp³-hybridized carbons (Fsp3) is 0.185. The van der Waals surface area contributed by atoms with Crippen molar-refractivity contribution in [1.82, 2.24) is 0 Å². The Kier molecular flexibility index (Phi) is 6.82. The molecule has 0 unspecified atom stereocenters. The Bertz CT molecular complexity index is 1230. The number of hydrogen-bond acceptors (Lipinski definition) is 5. The van der Waals surface area contributed by atoms with Crippen LogP contribution in [0.2, 0.25) is 0 Å². The third kappa shape index (κ3) is 4.88. The molecule has 1 aliphatic heterocycles. The smallest absolute Gasteiger partial charge is 0.258 e. The monoisotopic (exact) mass is 457 g/mol. The summed E-state index contributed by atoms with van der Waals surface area (Å²) in [6, 6.07) is 20.7. The lowest BCUT2D eigenvalue weighted by Gasteiger charge is -2.16. The number of carbonyl (C=O) groups is 2. The van der Waals surface area contributed by atoms with Gasteiger partial charge in [0.1, 0.15) is 0 Å². The number of anilines is 2. The number of rotatable bonds is 9. The van der Waals surface area contributed by atoms with Crippen molar-refractivity contribution < 1.29 is 19.1 Å². The van der Waals surface area contributed by atoms with Crippen LogP contribution < -0.4 is 25.8 Å². The molecule has 0 fully saturated rings. The van der Waals surface area contributed by atoms with Gasteiger partial charge < -0.3 is 25.8 Å². The lowest BCUT2D eigenvalue weighted by molar-refractivity contribution is -0.117. The molecular weight excluding hydrogens is 430 g/mol. The molecule has 0 aromatic heterocycles. The van der Waals surface area contributed by atoms with Gasteiger partial charge in [-0.1, -0.05) is 42.5 Å². The first-order valence-electron chi connectivity index (χ1n) is 11.2. The van der Waals surface area contributed by atoms with E-state index in [1.165, 1.54) is 0 Å². The molecule has 0 saturated heterocycles. The topological polar surface area (TPSA) is 103 Å². The summed E-state index contributed by atoms with van der Waals surface area (Å²) in [5.41, 5.74) is 10.3. The predicted octanol–water partition coefficient (Wildman–Crippen LogP) is 4.44. The van der Waals surface area contributed by atoms with Crippen LogP contribution >= 0.6 is 0 Å². The van der Waals surface area contributed by atoms with Crippen molar-refractivity contribution in [2.45, 2.75) is 20.3 Å². The van der Waals surface area contributed by atoms with Gasteiger partial charge in [-0.25, -0.2) is 0 Å². The summed E-state index contributed by atoms with van der Waals surface area (Å²) in [7, 11) is 0. The van der Waals surface area contributed by atoms with E-state index in [-0.39, 0.29) is 18.2 Å². The molecule has 7 nitrogen and oxygen atoms in total. The first-order chi connectivity index (χ1) is 16.5. The van der Waals surface area contributed by atoms with E-state index in [4.69, 9.17) is 15.2 Å². The minimum absolute atomic E-state index is 0.172. The highest BCUT2D eigenvalue weighted by molar-refractivity contribution is 6.37. The van der Waals surface area contributed by atoms with Crippen molar-refractivity contribution in [1.29, 1.82) is 0 Å². The fourth-order valence-electron chi connectivity index (χ4n) is 3.90. The van der Waals surface area contributed by atoms with E-state index in [0.29, 0.717) is 41.7 Å². The number of ether oxygens (including phenoxy) is 2. The van der Waals surface area contributed by atoms with Crippen LogP contribution in [0.25, 0.3) is 11.3 Å². The van der Waals surface area contributed by atoms with Crippen LogP contribution in [0, 0.1) is 0 Å². The molecule has 0 spiro atoms. The molecule has 1 aliphatic rings. The normalized spacial score (nSPS) is 13.6. The number of amides is 2. The SMILES string of the molecule is CCOc1cc2c(cc1OCC)C(=C(Nc1ccc(CC(N)=O)cc1)c1ccccc1)C(=O)N2. The Morgan fingerprint density at radius 2 is 1.59 bits per heavy atom. The van der Waals surface area contributed by atoms with E-state index in [1.807, 2.05) is 74.5 Å². The maximum absolute atomic E-state index is 13.2. The van der Waals surface area contributed by atoms with E-state index >= 15 is 0 Å². The summed E-state index contributed by atoms with van der Waals surface area (Å²) in [5.74, 6) is 0.565. The molecule has 0 radical (unpaired) electrons. The van der Waals surface area contributed by atoms with Gasteiger partial charge in [0.2, 0.25) is 5.91 Å². The summed E-state index contributed by atoms with van der Waals surface area (Å²) < 4.78 is 11.5. The van der Waals surface area contributed by atoms with E-state index in [9.17, 15) is 9.59 Å². The van der Waals surface area contributed by atoms with Gasteiger partial charge in [-0.15, -0.1) is 0 Å². The largest absolute Gasteiger partial charge is 0.490 e. The van der Waals surface area contributed by atoms with Crippen LogP contribution in [-0.2, 0) is 16.0 Å². The quantitative estimate of drug-likeness (QED) is 0.412. The van der Waals surface area contributed by atoms with Crippen LogP contribution in [0.4, 0.5) is 11.4 Å². The summed E-state index contributed by atoms with van der Waals surface area (Å²) in [6.45, 7) is 4.76. The van der Waals surface area contributed by atoms with Crippen LogP contribution in [0.15, 0.2) is 66.7 Å². The third-order valence-corrected chi connectivity index (χ3v) is 5.34. The first-order valence-corrected chi connectivity index (χ1v) is 11.2. The second kappa shape index (κ2) is 10.1. The predicted molar refractivity (Wildman–Crippen MR) is 134 cm³/mol. The summed E-state index contributed by atoms with van der Waals surface area (Å²) in [5, 5.41) is 6.37. The number of fused-ring (bicyclic) bond motifs is 1. The molecule has 34 heavy (non-hydrogen) atoms. The number of nitrogens with two attached hydrogens (primary N) is 1. The molecule has 2 amide bonds. The number of benzene rings is 3. The molecule has 3 aromatic carbocycles. The molecule has 0 saturated carbocycles. The molecule has 0 aliphatic carbocycles. The van der Waals surface area contributed by atoms with Crippen molar-refractivity contribution >= 4 is 34.5 Å². The Hall–Kier alpha value is -4.26. The second-order valence-electron chi connectivity index (χ2n) is 7.75. The zero-order chi connectivity index (χ0) is 24.1. The summed E-state index contributed by atoms with van der Waals surface area (Å²) in [6.07, 6.45) is 0.172. The number of carbonyl (C=O) groups excluding carboxylic acids is 2. The van der Waals surface area contributed by atoms with Crippen molar-refractivity contribution in [3.8, 4) is 11.5 Å². The van der Waals surface area contributed by atoms with Gasteiger partial charge in [0, 0.05) is 17.3 Å².